The van der Waals surface area contributed by atoms with Crippen molar-refractivity contribution in [3.05, 3.63) is 46.6 Å². The molecule has 4 rings (SSSR count). The topological polar surface area (TPSA) is 68.4 Å². The van der Waals surface area contributed by atoms with Gasteiger partial charge in [-0.3, -0.25) is 9.59 Å². The molecule has 2 aliphatic rings. The summed E-state index contributed by atoms with van der Waals surface area (Å²) in [6.07, 6.45) is 6.26. The Balaban J connectivity index is 1.55. The Morgan fingerprint density at radius 3 is 2.63 bits per heavy atom. The first kappa shape index (κ1) is 20.5. The number of benzene rings is 1. The van der Waals surface area contributed by atoms with Gasteiger partial charge in [-0.15, -0.1) is 0 Å². The lowest BCUT2D eigenvalue weighted by molar-refractivity contribution is 0.0787. The molecule has 1 saturated heterocycles. The van der Waals surface area contributed by atoms with Crippen molar-refractivity contribution in [2.75, 3.05) is 31.1 Å². The Bertz CT molecular complexity index is 927. The highest BCUT2D eigenvalue weighted by molar-refractivity contribution is 5.96. The van der Waals surface area contributed by atoms with Gasteiger partial charge in [0.05, 0.1) is 0 Å². The van der Waals surface area contributed by atoms with E-state index in [1.165, 1.54) is 5.56 Å². The van der Waals surface area contributed by atoms with Gasteiger partial charge in [-0.2, -0.15) is 0 Å². The lowest BCUT2D eigenvalue weighted by Gasteiger charge is -2.29. The molecule has 2 aromatic rings. The highest BCUT2D eigenvalue weighted by atomic mass is 16.2. The first-order valence-electron chi connectivity index (χ1n) is 11.3. The molecule has 0 unspecified atom stereocenters. The van der Waals surface area contributed by atoms with E-state index >= 15 is 0 Å². The summed E-state index contributed by atoms with van der Waals surface area (Å²) >= 11 is 0. The van der Waals surface area contributed by atoms with Crippen molar-refractivity contribution in [1.82, 2.24) is 15.2 Å². The van der Waals surface area contributed by atoms with Crippen LogP contribution < -0.4 is 10.2 Å². The van der Waals surface area contributed by atoms with Gasteiger partial charge in [0, 0.05) is 37.4 Å². The van der Waals surface area contributed by atoms with Crippen molar-refractivity contribution in [3.8, 4) is 0 Å². The zero-order valence-electron chi connectivity index (χ0n) is 18.1. The van der Waals surface area contributed by atoms with Crippen LogP contribution in [-0.4, -0.2) is 47.9 Å². The van der Waals surface area contributed by atoms with E-state index in [1.54, 1.807) is 0 Å². The Morgan fingerprint density at radius 1 is 1.10 bits per heavy atom. The van der Waals surface area contributed by atoms with Crippen LogP contribution in [0, 0.1) is 6.92 Å². The molecule has 0 aliphatic carbocycles. The molecule has 2 N–H and O–H groups in total. The molecule has 1 aromatic carbocycles. The molecule has 160 valence electrons. The molecule has 0 atom stereocenters. The van der Waals surface area contributed by atoms with Crippen LogP contribution in [0.4, 0.5) is 11.5 Å². The Morgan fingerprint density at radius 2 is 1.90 bits per heavy atom. The second kappa shape index (κ2) is 8.94. The van der Waals surface area contributed by atoms with Gasteiger partial charge in [-0.25, -0.2) is 0 Å². The summed E-state index contributed by atoms with van der Waals surface area (Å²) in [5.41, 5.74) is 4.64. The number of hydrogen-bond acceptors (Lipinski definition) is 3. The average Bonchev–Trinajstić information content (AvgIpc) is 3.43. The number of aromatic amines is 1. The molecule has 6 nitrogen and oxygen atoms in total. The molecule has 0 saturated carbocycles. The van der Waals surface area contributed by atoms with E-state index in [-0.39, 0.29) is 11.8 Å². The Labute approximate surface area is 178 Å². The zero-order chi connectivity index (χ0) is 21.1. The number of fused-ring (bicyclic) bond motifs is 1. The molecule has 0 radical (unpaired) electrons. The maximum atomic E-state index is 12.8. The standard InChI is InChI=1S/C24H32N4O2/c1-3-4-11-25-23(29)20-10-9-19(15-17(20)2)28-14-7-8-18-16-21(26-22(18)28)24(30)27-12-5-6-13-27/h9-10,15-16,26H,3-8,11-14H2,1-2H3,(H,25,29). The summed E-state index contributed by atoms with van der Waals surface area (Å²) in [4.78, 5) is 32.9. The highest BCUT2D eigenvalue weighted by Crippen LogP contribution is 2.34. The summed E-state index contributed by atoms with van der Waals surface area (Å²) in [6, 6.07) is 8.04. The molecule has 0 bridgehead atoms. The van der Waals surface area contributed by atoms with Gasteiger partial charge in [0.15, 0.2) is 0 Å². The Hall–Kier alpha value is -2.76. The number of carbonyl (C=O) groups excluding carboxylic acids is 2. The molecule has 0 spiro atoms. The van der Waals surface area contributed by atoms with Crippen LogP contribution in [0.5, 0.6) is 0 Å². The molecule has 2 amide bonds. The minimum atomic E-state index is -0.00907. The van der Waals surface area contributed by atoms with Crippen LogP contribution in [0.3, 0.4) is 0 Å². The normalized spacial score (nSPS) is 15.9. The number of unbranched alkanes of at least 4 members (excludes halogenated alkanes) is 1. The fourth-order valence-corrected chi connectivity index (χ4v) is 4.47. The number of nitrogens with zero attached hydrogens (tertiary/aromatic N) is 2. The van der Waals surface area contributed by atoms with Gasteiger partial charge in [-0.1, -0.05) is 13.3 Å². The second-order valence-electron chi connectivity index (χ2n) is 8.42. The molecule has 2 aliphatic heterocycles. The van der Waals surface area contributed by atoms with Crippen LogP contribution in [0.25, 0.3) is 0 Å². The van der Waals surface area contributed by atoms with E-state index in [0.717, 1.165) is 80.8 Å². The second-order valence-corrected chi connectivity index (χ2v) is 8.42. The van der Waals surface area contributed by atoms with Crippen LogP contribution in [-0.2, 0) is 6.42 Å². The van der Waals surface area contributed by atoms with E-state index in [1.807, 2.05) is 30.0 Å². The zero-order valence-corrected chi connectivity index (χ0v) is 18.1. The lowest BCUT2D eigenvalue weighted by Crippen LogP contribution is -2.28. The third-order valence-corrected chi connectivity index (χ3v) is 6.18. The van der Waals surface area contributed by atoms with Gasteiger partial charge >= 0.3 is 0 Å². The molecule has 1 fully saturated rings. The predicted octanol–water partition coefficient (Wildman–Crippen LogP) is 4.17. The molecular weight excluding hydrogens is 376 g/mol. The molecule has 3 heterocycles. The van der Waals surface area contributed by atoms with E-state index in [2.05, 4.69) is 28.2 Å². The van der Waals surface area contributed by atoms with E-state index in [4.69, 9.17) is 0 Å². The first-order valence-corrected chi connectivity index (χ1v) is 11.3. The van der Waals surface area contributed by atoms with Gasteiger partial charge < -0.3 is 20.1 Å². The van der Waals surface area contributed by atoms with Crippen molar-refractivity contribution in [2.24, 2.45) is 0 Å². The van der Waals surface area contributed by atoms with Crippen molar-refractivity contribution < 1.29 is 9.59 Å². The van der Waals surface area contributed by atoms with Gasteiger partial charge in [0.1, 0.15) is 11.5 Å². The van der Waals surface area contributed by atoms with Crippen molar-refractivity contribution in [2.45, 2.75) is 52.4 Å². The smallest absolute Gasteiger partial charge is 0.270 e. The SMILES string of the molecule is CCCCNC(=O)c1ccc(N2CCCc3cc(C(=O)N4CCCC4)[nH]c32)cc1C. The number of rotatable bonds is 6. The summed E-state index contributed by atoms with van der Waals surface area (Å²) in [5, 5.41) is 3.00. The largest absolute Gasteiger partial charge is 0.352 e. The number of anilines is 2. The number of likely N-dealkylation sites (tertiary alicyclic amines) is 1. The molecular formula is C24H32N4O2. The highest BCUT2D eigenvalue weighted by Gasteiger charge is 2.26. The Kier molecular flexibility index (Phi) is 6.11. The van der Waals surface area contributed by atoms with Crippen LogP contribution in [0.15, 0.2) is 24.3 Å². The van der Waals surface area contributed by atoms with Crippen molar-refractivity contribution in [3.63, 3.8) is 0 Å². The minimum Gasteiger partial charge on any atom is -0.352 e. The minimum absolute atomic E-state index is 0.00907. The number of hydrogen-bond donors (Lipinski definition) is 2. The fraction of sp³-hybridized carbons (Fsp3) is 0.500. The van der Waals surface area contributed by atoms with E-state index in [9.17, 15) is 9.59 Å². The summed E-state index contributed by atoms with van der Waals surface area (Å²) in [7, 11) is 0. The number of aryl methyl sites for hydroxylation is 2. The van der Waals surface area contributed by atoms with Crippen LogP contribution in [0.2, 0.25) is 0 Å². The van der Waals surface area contributed by atoms with Gasteiger partial charge in [0.2, 0.25) is 0 Å². The van der Waals surface area contributed by atoms with Crippen molar-refractivity contribution >= 4 is 23.3 Å². The predicted molar refractivity (Wildman–Crippen MR) is 120 cm³/mol. The summed E-state index contributed by atoms with van der Waals surface area (Å²) < 4.78 is 0. The molecule has 1 aromatic heterocycles. The maximum Gasteiger partial charge on any atom is 0.270 e. The lowest BCUT2D eigenvalue weighted by atomic mass is 10.0. The van der Waals surface area contributed by atoms with Crippen LogP contribution >= 0.6 is 0 Å². The quantitative estimate of drug-likeness (QED) is 0.705. The van der Waals surface area contributed by atoms with E-state index < -0.39 is 0 Å². The summed E-state index contributed by atoms with van der Waals surface area (Å²) in [5.74, 6) is 1.12. The number of amides is 2. The molecule has 6 heteroatoms. The van der Waals surface area contributed by atoms with Crippen LogP contribution in [0.1, 0.15) is 71.0 Å². The molecule has 30 heavy (non-hydrogen) atoms. The average molecular weight is 409 g/mol. The fourth-order valence-electron chi connectivity index (χ4n) is 4.47. The monoisotopic (exact) mass is 408 g/mol. The number of H-pyrrole nitrogens is 1. The van der Waals surface area contributed by atoms with Gasteiger partial charge in [-0.05, 0) is 74.4 Å². The summed E-state index contributed by atoms with van der Waals surface area (Å²) in [6.45, 7) is 7.42. The first-order chi connectivity index (χ1) is 14.6. The number of aromatic nitrogens is 1. The van der Waals surface area contributed by atoms with E-state index in [0.29, 0.717) is 12.2 Å². The van der Waals surface area contributed by atoms with Crippen molar-refractivity contribution in [1.29, 1.82) is 0 Å². The number of nitrogens with one attached hydrogen (secondary N) is 2. The third kappa shape index (κ3) is 4.09. The van der Waals surface area contributed by atoms with Gasteiger partial charge in [0.25, 0.3) is 11.8 Å². The number of carbonyl (C=O) groups is 2. The maximum absolute atomic E-state index is 12.8. The third-order valence-electron chi connectivity index (χ3n) is 6.18.